The number of aromatic carboxylic acids is 1. The third-order valence-corrected chi connectivity index (χ3v) is 8.17. The second kappa shape index (κ2) is 6.68. The van der Waals surface area contributed by atoms with Crippen LogP contribution in [0.3, 0.4) is 0 Å². The standard InChI is InChI=1S/C25H28O4/c1-25-11-10-18-17-8-6-14(16-4-2-3-5-20(16)24(28)29)12-15(17)7-9-19(18)21(25)13-22(26)23(25)27/h2-6,8,12,18-19,21-23,26-27H,7,9-11,13H2,1H3,(H,28,29)/t18-,19-,21+,22-,23+,25+/m1/s1. The van der Waals surface area contributed by atoms with Gasteiger partial charge < -0.3 is 15.3 Å². The highest BCUT2D eigenvalue weighted by molar-refractivity contribution is 5.96. The molecule has 3 aliphatic carbocycles. The van der Waals surface area contributed by atoms with Crippen LogP contribution < -0.4 is 0 Å². The normalized spacial score (nSPS) is 35.5. The summed E-state index contributed by atoms with van der Waals surface area (Å²) < 4.78 is 0. The maximum atomic E-state index is 11.6. The minimum atomic E-state index is -0.900. The van der Waals surface area contributed by atoms with Crippen LogP contribution in [0, 0.1) is 17.3 Å². The molecule has 0 aromatic heterocycles. The van der Waals surface area contributed by atoms with E-state index in [1.54, 1.807) is 12.1 Å². The van der Waals surface area contributed by atoms with Crippen molar-refractivity contribution in [1.82, 2.24) is 0 Å². The summed E-state index contributed by atoms with van der Waals surface area (Å²) in [5.74, 6) is 0.443. The van der Waals surface area contributed by atoms with Crippen LogP contribution >= 0.6 is 0 Å². The van der Waals surface area contributed by atoms with Crippen LogP contribution in [0.2, 0.25) is 0 Å². The molecule has 0 aliphatic heterocycles. The van der Waals surface area contributed by atoms with Crippen molar-refractivity contribution in [3.63, 3.8) is 0 Å². The number of hydrogen-bond acceptors (Lipinski definition) is 3. The summed E-state index contributed by atoms with van der Waals surface area (Å²) in [6.07, 6.45) is 3.53. The molecule has 0 unspecified atom stereocenters. The third kappa shape index (κ3) is 2.77. The van der Waals surface area contributed by atoms with Gasteiger partial charge in [-0.15, -0.1) is 0 Å². The van der Waals surface area contributed by atoms with Crippen LogP contribution in [0.4, 0.5) is 0 Å². The summed E-state index contributed by atoms with van der Waals surface area (Å²) in [5, 5.41) is 30.4. The first-order valence-electron chi connectivity index (χ1n) is 10.7. The van der Waals surface area contributed by atoms with E-state index in [1.165, 1.54) is 11.1 Å². The van der Waals surface area contributed by atoms with Gasteiger partial charge in [0.05, 0.1) is 17.8 Å². The second-order valence-corrected chi connectivity index (χ2v) is 9.47. The summed E-state index contributed by atoms with van der Waals surface area (Å²) in [6.45, 7) is 2.16. The number of carbonyl (C=O) groups is 1. The predicted octanol–water partition coefficient (Wildman–Crippen LogP) is 4.24. The lowest BCUT2D eigenvalue weighted by Crippen LogP contribution is -2.44. The van der Waals surface area contributed by atoms with Crippen molar-refractivity contribution in [1.29, 1.82) is 0 Å². The minimum Gasteiger partial charge on any atom is -0.478 e. The molecule has 0 heterocycles. The number of carboxylic acids is 1. The van der Waals surface area contributed by atoms with E-state index < -0.39 is 18.2 Å². The number of hydrogen-bond donors (Lipinski definition) is 3. The van der Waals surface area contributed by atoms with E-state index in [1.807, 2.05) is 12.1 Å². The van der Waals surface area contributed by atoms with Crippen molar-refractivity contribution in [2.24, 2.45) is 17.3 Å². The highest BCUT2D eigenvalue weighted by Crippen LogP contribution is 2.60. The highest BCUT2D eigenvalue weighted by Gasteiger charge is 2.57. The summed E-state index contributed by atoms with van der Waals surface area (Å²) in [7, 11) is 0. The van der Waals surface area contributed by atoms with Crippen molar-refractivity contribution in [2.45, 2.75) is 57.2 Å². The van der Waals surface area contributed by atoms with Crippen LogP contribution in [0.15, 0.2) is 42.5 Å². The van der Waals surface area contributed by atoms with Crippen molar-refractivity contribution in [3.8, 4) is 11.1 Å². The fraction of sp³-hybridized carbons (Fsp3) is 0.480. The molecule has 5 rings (SSSR count). The third-order valence-electron chi connectivity index (χ3n) is 8.17. The molecular formula is C25H28O4. The van der Waals surface area contributed by atoms with Gasteiger partial charge in [-0.2, -0.15) is 0 Å². The number of rotatable bonds is 2. The Labute approximate surface area is 171 Å². The molecule has 4 nitrogen and oxygen atoms in total. The number of aliphatic hydroxyl groups excluding tert-OH is 2. The van der Waals surface area contributed by atoms with Gasteiger partial charge in [0.2, 0.25) is 0 Å². The zero-order valence-electron chi connectivity index (χ0n) is 16.7. The van der Waals surface area contributed by atoms with Gasteiger partial charge in [0.15, 0.2) is 0 Å². The van der Waals surface area contributed by atoms with Gasteiger partial charge in [-0.3, -0.25) is 0 Å². The van der Waals surface area contributed by atoms with Gasteiger partial charge in [-0.05, 0) is 83.6 Å². The highest BCUT2D eigenvalue weighted by atomic mass is 16.4. The van der Waals surface area contributed by atoms with Crippen LogP contribution in [-0.2, 0) is 6.42 Å². The SMILES string of the molecule is C[C@]12CC[C@@H]3c4ccc(-c5ccccc5C(=O)O)cc4CC[C@H]3[C@@H]1C[C@@H](O)[C@@H]2O. The Morgan fingerprint density at radius 1 is 1.10 bits per heavy atom. The Morgan fingerprint density at radius 3 is 2.69 bits per heavy atom. The molecule has 152 valence electrons. The molecule has 0 spiro atoms. The van der Waals surface area contributed by atoms with Crippen molar-refractivity contribution < 1.29 is 20.1 Å². The Hall–Kier alpha value is -2.17. The fourth-order valence-corrected chi connectivity index (χ4v) is 6.66. The lowest BCUT2D eigenvalue weighted by molar-refractivity contribution is -0.0505. The lowest BCUT2D eigenvalue weighted by atomic mass is 9.55. The molecular weight excluding hydrogens is 364 g/mol. The molecule has 2 aromatic carbocycles. The second-order valence-electron chi connectivity index (χ2n) is 9.47. The van der Waals surface area contributed by atoms with E-state index in [2.05, 4.69) is 25.1 Å². The molecule has 3 N–H and O–H groups in total. The van der Waals surface area contributed by atoms with Gasteiger partial charge in [-0.1, -0.05) is 43.3 Å². The van der Waals surface area contributed by atoms with E-state index in [0.29, 0.717) is 29.7 Å². The topological polar surface area (TPSA) is 77.8 Å². The van der Waals surface area contributed by atoms with Crippen molar-refractivity contribution >= 4 is 5.97 Å². The maximum absolute atomic E-state index is 11.6. The number of benzene rings is 2. The number of aryl methyl sites for hydroxylation is 1. The monoisotopic (exact) mass is 392 g/mol. The molecule has 29 heavy (non-hydrogen) atoms. The molecule has 6 atom stereocenters. The molecule has 0 bridgehead atoms. The first-order valence-corrected chi connectivity index (χ1v) is 10.7. The quantitative estimate of drug-likeness (QED) is 0.714. The van der Waals surface area contributed by atoms with Gasteiger partial charge in [0, 0.05) is 0 Å². The molecule has 3 aliphatic rings. The van der Waals surface area contributed by atoms with E-state index in [4.69, 9.17) is 0 Å². The van der Waals surface area contributed by atoms with Gasteiger partial charge in [0.1, 0.15) is 0 Å². The van der Waals surface area contributed by atoms with Crippen LogP contribution in [0.1, 0.15) is 60.0 Å². The number of aliphatic hydroxyl groups is 2. The van der Waals surface area contributed by atoms with Crippen molar-refractivity contribution in [3.05, 3.63) is 59.2 Å². The van der Waals surface area contributed by atoms with Gasteiger partial charge in [-0.25, -0.2) is 4.79 Å². The first-order chi connectivity index (χ1) is 13.9. The Bertz CT molecular complexity index is 967. The fourth-order valence-electron chi connectivity index (χ4n) is 6.66. The van der Waals surface area contributed by atoms with Gasteiger partial charge >= 0.3 is 5.97 Å². The summed E-state index contributed by atoms with van der Waals surface area (Å²) in [5.41, 5.74) is 4.61. The first kappa shape index (κ1) is 18.8. The molecule has 0 saturated heterocycles. The molecule has 2 fully saturated rings. The predicted molar refractivity (Wildman–Crippen MR) is 111 cm³/mol. The van der Waals surface area contributed by atoms with E-state index in [-0.39, 0.29) is 5.41 Å². The number of fused-ring (bicyclic) bond motifs is 5. The minimum absolute atomic E-state index is 0.168. The molecule has 4 heteroatoms. The number of carboxylic acid groups (broad SMARTS) is 1. The molecule has 2 aromatic rings. The average Bonchev–Trinajstić information content (AvgIpc) is 2.97. The average molecular weight is 392 g/mol. The smallest absolute Gasteiger partial charge is 0.336 e. The van der Waals surface area contributed by atoms with E-state index >= 15 is 0 Å². The van der Waals surface area contributed by atoms with Gasteiger partial charge in [0.25, 0.3) is 0 Å². The van der Waals surface area contributed by atoms with E-state index in [0.717, 1.165) is 36.8 Å². The molecule has 2 saturated carbocycles. The van der Waals surface area contributed by atoms with Crippen LogP contribution in [0.25, 0.3) is 11.1 Å². The molecule has 0 radical (unpaired) electrons. The zero-order chi connectivity index (χ0) is 20.3. The zero-order valence-corrected chi connectivity index (χ0v) is 16.7. The Balaban J connectivity index is 1.50. The van der Waals surface area contributed by atoms with Crippen LogP contribution in [0.5, 0.6) is 0 Å². The summed E-state index contributed by atoms with van der Waals surface area (Å²) in [4.78, 5) is 11.6. The van der Waals surface area contributed by atoms with Crippen molar-refractivity contribution in [2.75, 3.05) is 0 Å². The van der Waals surface area contributed by atoms with Crippen LogP contribution in [-0.4, -0.2) is 33.5 Å². The summed E-state index contributed by atoms with van der Waals surface area (Å²) in [6, 6.07) is 13.6. The maximum Gasteiger partial charge on any atom is 0.336 e. The Kier molecular flexibility index (Phi) is 4.34. The Morgan fingerprint density at radius 2 is 1.90 bits per heavy atom. The molecule has 0 amide bonds. The van der Waals surface area contributed by atoms with E-state index in [9.17, 15) is 20.1 Å². The largest absolute Gasteiger partial charge is 0.478 e. The summed E-state index contributed by atoms with van der Waals surface area (Å²) >= 11 is 0. The lowest BCUT2D eigenvalue weighted by Gasteiger charge is -2.50.